The summed E-state index contributed by atoms with van der Waals surface area (Å²) in [4.78, 5) is 46.9. The Morgan fingerprint density at radius 2 is 1.88 bits per heavy atom. The number of ether oxygens (including phenoxy) is 3. The number of hydrogen-bond donors (Lipinski definition) is 3. The summed E-state index contributed by atoms with van der Waals surface area (Å²) < 4.78 is 17.2. The number of urea groups is 1. The molecule has 3 heterocycles. The number of aliphatic hydroxyl groups excluding tert-OH is 1. The van der Waals surface area contributed by atoms with Crippen molar-refractivity contribution < 1.29 is 33.7 Å². The molecule has 0 bridgehead atoms. The van der Waals surface area contributed by atoms with Crippen molar-refractivity contribution in [1.29, 1.82) is 0 Å². The maximum absolute atomic E-state index is 13.7. The minimum absolute atomic E-state index is 0.129. The first-order valence-electron chi connectivity index (χ1n) is 13.6. The third kappa shape index (κ3) is 6.08. The quantitative estimate of drug-likeness (QED) is 0.389. The maximum atomic E-state index is 13.7. The third-order valence-corrected chi connectivity index (χ3v) is 7.31. The van der Waals surface area contributed by atoms with Gasteiger partial charge in [0.2, 0.25) is 6.79 Å². The number of rotatable bonds is 7. The molecule has 0 aliphatic carbocycles. The van der Waals surface area contributed by atoms with E-state index in [1.165, 1.54) is 17.3 Å². The molecule has 12 nitrogen and oxygen atoms in total. The summed E-state index contributed by atoms with van der Waals surface area (Å²) in [6.45, 7) is 4.04. The second kappa shape index (κ2) is 12.4. The van der Waals surface area contributed by atoms with Gasteiger partial charge in [0.05, 0.1) is 30.4 Å². The van der Waals surface area contributed by atoms with E-state index in [-0.39, 0.29) is 55.7 Å². The Morgan fingerprint density at radius 3 is 2.64 bits per heavy atom. The predicted octanol–water partition coefficient (Wildman–Crippen LogP) is 3.45. The van der Waals surface area contributed by atoms with Crippen LogP contribution in [0.1, 0.15) is 34.6 Å². The zero-order valence-electron chi connectivity index (χ0n) is 23.6. The molecule has 3 atom stereocenters. The number of para-hydroxylation sites is 1. The second-order valence-corrected chi connectivity index (χ2v) is 10.4. The van der Waals surface area contributed by atoms with E-state index < -0.39 is 18.1 Å². The fourth-order valence-electron chi connectivity index (χ4n) is 4.80. The molecule has 2 aromatic carbocycles. The number of aromatic nitrogens is 1. The van der Waals surface area contributed by atoms with E-state index in [1.807, 2.05) is 6.92 Å². The number of hydrogen-bond acceptors (Lipinski definition) is 8. The smallest absolute Gasteiger partial charge is 0.321 e. The molecule has 3 aromatic rings. The van der Waals surface area contributed by atoms with E-state index >= 15 is 0 Å². The normalized spacial score (nSPS) is 18.2. The summed E-state index contributed by atoms with van der Waals surface area (Å²) in [6.07, 6.45) is 2.46. The van der Waals surface area contributed by atoms with Crippen LogP contribution in [0.4, 0.5) is 16.2 Å². The van der Waals surface area contributed by atoms with Crippen molar-refractivity contribution in [2.24, 2.45) is 5.92 Å². The molecular formula is C30H33N5O7. The van der Waals surface area contributed by atoms with Crippen molar-refractivity contribution in [2.75, 3.05) is 44.2 Å². The highest BCUT2D eigenvalue weighted by Crippen LogP contribution is 2.36. The van der Waals surface area contributed by atoms with E-state index in [0.717, 1.165) is 0 Å². The highest BCUT2D eigenvalue weighted by Gasteiger charge is 2.35. The maximum Gasteiger partial charge on any atom is 0.321 e. The molecule has 0 spiro atoms. The summed E-state index contributed by atoms with van der Waals surface area (Å²) in [5.41, 5.74) is 1.49. The van der Waals surface area contributed by atoms with Crippen LogP contribution in [-0.2, 0) is 0 Å². The number of amides is 4. The van der Waals surface area contributed by atoms with Crippen LogP contribution in [-0.4, -0.2) is 83.4 Å². The number of nitrogens with zero attached hydrogens (tertiary/aromatic N) is 3. The van der Waals surface area contributed by atoms with Gasteiger partial charge >= 0.3 is 6.03 Å². The first-order chi connectivity index (χ1) is 20.2. The van der Waals surface area contributed by atoms with Crippen LogP contribution in [0.5, 0.6) is 17.2 Å². The van der Waals surface area contributed by atoms with E-state index in [0.29, 0.717) is 28.4 Å². The molecule has 12 heteroatoms. The number of carbonyl (C=O) groups excluding carboxylic acids is 3. The zero-order chi connectivity index (χ0) is 29.8. The third-order valence-electron chi connectivity index (χ3n) is 7.31. The Bertz CT molecular complexity index is 1470. The Morgan fingerprint density at radius 1 is 1.12 bits per heavy atom. The van der Waals surface area contributed by atoms with Gasteiger partial charge in [-0.3, -0.25) is 14.6 Å². The summed E-state index contributed by atoms with van der Waals surface area (Å²) >= 11 is 0. The van der Waals surface area contributed by atoms with Gasteiger partial charge in [-0.05, 0) is 43.3 Å². The van der Waals surface area contributed by atoms with E-state index in [4.69, 9.17) is 14.2 Å². The first-order valence-corrected chi connectivity index (χ1v) is 13.6. The fraction of sp³-hybridized carbons (Fsp3) is 0.333. The number of fused-ring (bicyclic) bond motifs is 2. The Kier molecular flexibility index (Phi) is 8.43. The lowest BCUT2D eigenvalue weighted by Crippen LogP contribution is -2.50. The average molecular weight is 576 g/mol. The molecule has 2 aliphatic rings. The molecule has 0 radical (unpaired) electrons. The number of benzene rings is 2. The lowest BCUT2D eigenvalue weighted by molar-refractivity contribution is 0.0372. The first kappa shape index (κ1) is 28.7. The average Bonchev–Trinajstić information content (AvgIpc) is 3.47. The minimum Gasteiger partial charge on any atom is -0.485 e. The summed E-state index contributed by atoms with van der Waals surface area (Å²) in [6, 6.07) is 12.4. The van der Waals surface area contributed by atoms with Gasteiger partial charge in [0.1, 0.15) is 6.10 Å². The fourth-order valence-corrected chi connectivity index (χ4v) is 4.80. The van der Waals surface area contributed by atoms with Crippen LogP contribution >= 0.6 is 0 Å². The van der Waals surface area contributed by atoms with Gasteiger partial charge < -0.3 is 39.8 Å². The number of nitrogens with one attached hydrogen (secondary N) is 2. The van der Waals surface area contributed by atoms with Gasteiger partial charge in [-0.25, -0.2) is 4.79 Å². The van der Waals surface area contributed by atoms with Crippen molar-refractivity contribution >= 4 is 29.2 Å². The van der Waals surface area contributed by atoms with E-state index in [2.05, 4.69) is 15.6 Å². The second-order valence-electron chi connectivity index (χ2n) is 10.4. The van der Waals surface area contributed by atoms with Gasteiger partial charge in [0, 0.05) is 49.2 Å². The topological polar surface area (TPSA) is 143 Å². The van der Waals surface area contributed by atoms with E-state index in [9.17, 15) is 19.5 Å². The van der Waals surface area contributed by atoms with Crippen LogP contribution < -0.4 is 24.8 Å². The van der Waals surface area contributed by atoms with Crippen molar-refractivity contribution in [3.63, 3.8) is 0 Å². The van der Waals surface area contributed by atoms with Crippen molar-refractivity contribution in [3.05, 3.63) is 72.1 Å². The molecule has 0 fully saturated rings. The molecule has 220 valence electrons. The molecule has 0 unspecified atom stereocenters. The number of carbonyl (C=O) groups is 3. The van der Waals surface area contributed by atoms with Crippen LogP contribution in [0.3, 0.4) is 0 Å². The molecule has 3 N–H and O–H groups in total. The molecule has 42 heavy (non-hydrogen) atoms. The molecule has 4 amide bonds. The standard InChI is InChI=1S/C30H33N5O7/c1-18-14-35(19(2)16-36)29(38)22-5-4-6-23(33-28(37)20-9-11-31-12-10-20)27(22)42-26(18)15-34(3)30(39)32-21-7-8-24-25(13-21)41-17-40-24/h4-13,18-19,26,36H,14-17H2,1-3H3,(H,32,39)(H,33,37)/t18-,19+,26-/m0/s1. The number of pyridine rings is 1. The predicted molar refractivity (Wildman–Crippen MR) is 154 cm³/mol. The number of likely N-dealkylation sites (N-methyl/N-ethyl adjacent to an activating group) is 1. The summed E-state index contributed by atoms with van der Waals surface area (Å²) in [5.74, 6) is 0.384. The highest BCUT2D eigenvalue weighted by atomic mass is 16.7. The van der Waals surface area contributed by atoms with Crippen molar-refractivity contribution in [1.82, 2.24) is 14.8 Å². The molecule has 2 aliphatic heterocycles. The lowest BCUT2D eigenvalue weighted by Gasteiger charge is -2.38. The van der Waals surface area contributed by atoms with Crippen LogP contribution in [0.25, 0.3) is 0 Å². The molecule has 5 rings (SSSR count). The molecule has 1 aromatic heterocycles. The van der Waals surface area contributed by atoms with Gasteiger partial charge in [-0.2, -0.15) is 0 Å². The van der Waals surface area contributed by atoms with E-state index in [1.54, 1.807) is 67.4 Å². The van der Waals surface area contributed by atoms with Crippen molar-refractivity contribution in [3.8, 4) is 17.2 Å². The Hall–Kier alpha value is -4.84. The van der Waals surface area contributed by atoms with Gasteiger partial charge in [0.25, 0.3) is 11.8 Å². The van der Waals surface area contributed by atoms with Gasteiger partial charge in [0.15, 0.2) is 17.2 Å². The number of anilines is 2. The summed E-state index contributed by atoms with van der Waals surface area (Å²) in [5, 5.41) is 15.6. The van der Waals surface area contributed by atoms with Gasteiger partial charge in [-0.1, -0.05) is 13.0 Å². The largest absolute Gasteiger partial charge is 0.485 e. The molecule has 0 saturated carbocycles. The SMILES string of the molecule is C[C@H](CO)N1C[C@H](C)[C@H](CN(C)C(=O)Nc2ccc3c(c2)OCO3)Oc2c(NC(=O)c3ccncc3)cccc2C1=O. The monoisotopic (exact) mass is 575 g/mol. The molecular weight excluding hydrogens is 542 g/mol. The van der Waals surface area contributed by atoms with Crippen LogP contribution in [0, 0.1) is 5.92 Å². The highest BCUT2D eigenvalue weighted by molar-refractivity contribution is 6.07. The lowest BCUT2D eigenvalue weighted by atomic mass is 9.99. The Labute approximate surface area is 243 Å². The van der Waals surface area contributed by atoms with Crippen LogP contribution in [0.2, 0.25) is 0 Å². The van der Waals surface area contributed by atoms with Crippen molar-refractivity contribution in [2.45, 2.75) is 26.0 Å². The number of aliphatic hydroxyl groups is 1. The Balaban J connectivity index is 1.41. The summed E-state index contributed by atoms with van der Waals surface area (Å²) in [7, 11) is 1.65. The van der Waals surface area contributed by atoms with Crippen LogP contribution in [0.15, 0.2) is 60.9 Å². The zero-order valence-corrected chi connectivity index (χ0v) is 23.6. The molecule has 0 saturated heterocycles. The van der Waals surface area contributed by atoms with Gasteiger partial charge in [-0.15, -0.1) is 0 Å². The minimum atomic E-state index is -0.572.